The van der Waals surface area contributed by atoms with E-state index in [1.54, 1.807) is 36.4 Å². The summed E-state index contributed by atoms with van der Waals surface area (Å²) in [5.74, 6) is 0.155. The van der Waals surface area contributed by atoms with E-state index in [4.69, 9.17) is 9.47 Å². The standard InChI is InChI=1S/C24H28N2O6S/c1-17(23(31-2)26-25-16-27)12-19-13-20-10-6-7-11-21(20)22(14-19)33(29,30)24(28)32-15-18-8-4-3-5-9-18/h3-11,16-17,19,22H,12-15H2,1-2H3,(H,25,27)/b26-23-/t17-,19+,22?/m0/s1. The molecular formula is C24H28N2O6S. The zero-order valence-electron chi connectivity index (χ0n) is 18.6. The highest BCUT2D eigenvalue weighted by Gasteiger charge is 2.41. The zero-order valence-corrected chi connectivity index (χ0v) is 19.5. The Balaban J connectivity index is 1.79. The molecule has 9 heteroatoms. The van der Waals surface area contributed by atoms with Crippen LogP contribution in [0.1, 0.15) is 41.7 Å². The number of nitrogens with zero attached hydrogens (tertiary/aromatic N) is 1. The average molecular weight is 473 g/mol. The lowest BCUT2D eigenvalue weighted by molar-refractivity contribution is -0.109. The van der Waals surface area contributed by atoms with Crippen molar-refractivity contribution in [3.05, 3.63) is 71.3 Å². The molecule has 1 unspecified atom stereocenters. The number of fused-ring (bicyclic) bond motifs is 1. The van der Waals surface area contributed by atoms with Gasteiger partial charge in [-0.2, -0.15) is 0 Å². The Morgan fingerprint density at radius 2 is 1.88 bits per heavy atom. The lowest BCUT2D eigenvalue weighted by Gasteiger charge is -2.32. The summed E-state index contributed by atoms with van der Waals surface area (Å²) in [6.07, 6.45) is 1.98. The third-order valence-corrected chi connectivity index (χ3v) is 7.59. The van der Waals surface area contributed by atoms with E-state index in [-0.39, 0.29) is 24.9 Å². The van der Waals surface area contributed by atoms with Crippen LogP contribution in [-0.4, -0.2) is 33.1 Å². The molecule has 0 aromatic heterocycles. The molecule has 1 N–H and O–H groups in total. The van der Waals surface area contributed by atoms with Gasteiger partial charge in [0, 0.05) is 5.92 Å². The molecule has 2 aromatic rings. The van der Waals surface area contributed by atoms with Crippen molar-refractivity contribution in [1.82, 2.24) is 5.43 Å². The molecule has 0 saturated carbocycles. The van der Waals surface area contributed by atoms with E-state index in [9.17, 15) is 18.0 Å². The Hall–Kier alpha value is -3.20. The first kappa shape index (κ1) is 24.4. The fourth-order valence-electron chi connectivity index (χ4n) is 4.29. The lowest BCUT2D eigenvalue weighted by Crippen LogP contribution is -2.31. The molecule has 0 bridgehead atoms. The normalized spacial score (nSPS) is 19.2. The van der Waals surface area contributed by atoms with Gasteiger partial charge in [0.15, 0.2) is 0 Å². The molecule has 0 heterocycles. The summed E-state index contributed by atoms with van der Waals surface area (Å²) in [6.45, 7) is 1.79. The lowest BCUT2D eigenvalue weighted by atomic mass is 9.79. The number of benzene rings is 2. The summed E-state index contributed by atoms with van der Waals surface area (Å²) < 4.78 is 37.0. The van der Waals surface area contributed by atoms with E-state index >= 15 is 0 Å². The molecule has 0 aliphatic heterocycles. The van der Waals surface area contributed by atoms with Crippen LogP contribution in [0.4, 0.5) is 4.79 Å². The van der Waals surface area contributed by atoms with Crippen LogP contribution >= 0.6 is 0 Å². The first-order valence-electron chi connectivity index (χ1n) is 10.7. The summed E-state index contributed by atoms with van der Waals surface area (Å²) in [4.78, 5) is 23.2. The highest BCUT2D eigenvalue weighted by atomic mass is 32.2. The van der Waals surface area contributed by atoms with Crippen molar-refractivity contribution in [1.29, 1.82) is 0 Å². The fraction of sp³-hybridized carbons (Fsp3) is 0.375. The molecule has 2 aromatic carbocycles. The topological polar surface area (TPSA) is 111 Å². The van der Waals surface area contributed by atoms with Crippen molar-refractivity contribution < 1.29 is 27.5 Å². The summed E-state index contributed by atoms with van der Waals surface area (Å²) in [7, 11) is -2.77. The number of carbonyl (C=O) groups is 2. The van der Waals surface area contributed by atoms with Crippen molar-refractivity contribution in [3.8, 4) is 0 Å². The smallest absolute Gasteiger partial charge is 0.425 e. The van der Waals surface area contributed by atoms with Crippen molar-refractivity contribution in [2.24, 2.45) is 16.9 Å². The van der Waals surface area contributed by atoms with Gasteiger partial charge in [-0.15, -0.1) is 5.10 Å². The Labute approximate surface area is 193 Å². The average Bonchev–Trinajstić information content (AvgIpc) is 2.83. The van der Waals surface area contributed by atoms with Crippen LogP contribution in [0.2, 0.25) is 0 Å². The molecule has 1 aliphatic rings. The van der Waals surface area contributed by atoms with Gasteiger partial charge < -0.3 is 9.47 Å². The summed E-state index contributed by atoms with van der Waals surface area (Å²) in [5.41, 5.74) is 4.48. The van der Waals surface area contributed by atoms with Gasteiger partial charge in [0.05, 0.1) is 12.4 Å². The van der Waals surface area contributed by atoms with Crippen LogP contribution in [0.25, 0.3) is 0 Å². The van der Waals surface area contributed by atoms with Crippen molar-refractivity contribution >= 4 is 27.4 Å². The number of ether oxygens (including phenoxy) is 2. The number of hydrazone groups is 1. The molecule has 176 valence electrons. The van der Waals surface area contributed by atoms with E-state index in [1.807, 2.05) is 25.1 Å². The third kappa shape index (κ3) is 5.98. The van der Waals surface area contributed by atoms with Gasteiger partial charge >= 0.3 is 5.30 Å². The SMILES string of the molecule is CO/C(=N\NC=O)[C@@H](C)C[C@@H]1Cc2ccccc2C(S(=O)(=O)C(=O)OCc2ccccc2)C1. The molecule has 1 amide bonds. The van der Waals surface area contributed by atoms with Gasteiger partial charge in [0.1, 0.15) is 6.61 Å². The highest BCUT2D eigenvalue weighted by Crippen LogP contribution is 2.41. The van der Waals surface area contributed by atoms with Gasteiger partial charge in [-0.1, -0.05) is 61.5 Å². The maximum atomic E-state index is 13.3. The first-order chi connectivity index (χ1) is 15.9. The van der Waals surface area contributed by atoms with Crippen LogP contribution in [0.3, 0.4) is 0 Å². The van der Waals surface area contributed by atoms with Gasteiger partial charge in [0.2, 0.25) is 12.3 Å². The molecule has 0 radical (unpaired) electrons. The van der Waals surface area contributed by atoms with Crippen molar-refractivity contribution in [2.75, 3.05) is 7.11 Å². The largest absolute Gasteiger partial charge is 0.483 e. The Bertz CT molecular complexity index is 1100. The minimum atomic E-state index is -4.24. The van der Waals surface area contributed by atoms with E-state index in [0.717, 1.165) is 5.56 Å². The summed E-state index contributed by atoms with van der Waals surface area (Å²) in [6, 6.07) is 16.2. The number of sulfone groups is 1. The zero-order chi connectivity index (χ0) is 23.8. The molecule has 0 spiro atoms. The monoisotopic (exact) mass is 472 g/mol. The number of methoxy groups -OCH3 is 1. The second-order valence-corrected chi connectivity index (χ2v) is 10.1. The molecule has 33 heavy (non-hydrogen) atoms. The highest BCUT2D eigenvalue weighted by molar-refractivity contribution is 8.05. The number of rotatable bonds is 8. The van der Waals surface area contributed by atoms with E-state index in [2.05, 4.69) is 10.5 Å². The minimum absolute atomic E-state index is 0.0341. The maximum absolute atomic E-state index is 13.3. The number of carbonyl (C=O) groups excluding carboxylic acids is 2. The molecule has 3 atom stereocenters. The van der Waals surface area contributed by atoms with Crippen molar-refractivity contribution in [3.63, 3.8) is 0 Å². The summed E-state index contributed by atoms with van der Waals surface area (Å²) >= 11 is 0. The Morgan fingerprint density at radius 3 is 2.58 bits per heavy atom. The molecular weight excluding hydrogens is 444 g/mol. The van der Waals surface area contributed by atoms with Gasteiger partial charge in [-0.25, -0.2) is 18.6 Å². The van der Waals surface area contributed by atoms with E-state index < -0.39 is 20.4 Å². The van der Waals surface area contributed by atoms with Crippen LogP contribution < -0.4 is 5.43 Å². The Morgan fingerprint density at radius 1 is 1.18 bits per heavy atom. The van der Waals surface area contributed by atoms with E-state index in [1.165, 1.54) is 7.11 Å². The number of hydrogen-bond acceptors (Lipinski definition) is 7. The third-order valence-electron chi connectivity index (χ3n) is 5.81. The molecule has 8 nitrogen and oxygen atoms in total. The number of amides is 1. The molecule has 1 aliphatic carbocycles. The first-order valence-corrected chi connectivity index (χ1v) is 12.2. The summed E-state index contributed by atoms with van der Waals surface area (Å²) in [5, 5.41) is 1.70. The predicted molar refractivity (Wildman–Crippen MR) is 124 cm³/mol. The van der Waals surface area contributed by atoms with E-state index in [0.29, 0.717) is 36.3 Å². The number of hydrogen-bond donors (Lipinski definition) is 1. The maximum Gasteiger partial charge on any atom is 0.425 e. The van der Waals surface area contributed by atoms with Crippen LogP contribution in [-0.2, 0) is 37.1 Å². The van der Waals surface area contributed by atoms with Gasteiger partial charge in [-0.3, -0.25) is 4.79 Å². The number of nitrogens with one attached hydrogen (secondary N) is 1. The molecule has 0 saturated heterocycles. The van der Waals surface area contributed by atoms with Gasteiger partial charge in [0.25, 0.3) is 9.84 Å². The second-order valence-electron chi connectivity index (χ2n) is 8.10. The van der Waals surface area contributed by atoms with Crippen LogP contribution in [0.5, 0.6) is 0 Å². The quantitative estimate of drug-likeness (QED) is 0.206. The predicted octanol–water partition coefficient (Wildman–Crippen LogP) is 3.77. The molecule has 3 rings (SSSR count). The fourth-order valence-corrected chi connectivity index (χ4v) is 5.84. The minimum Gasteiger partial charge on any atom is -0.483 e. The van der Waals surface area contributed by atoms with Crippen LogP contribution in [0.15, 0.2) is 59.7 Å². The Kier molecular flexibility index (Phi) is 8.21. The molecule has 0 fully saturated rings. The van der Waals surface area contributed by atoms with Crippen molar-refractivity contribution in [2.45, 2.75) is 38.0 Å². The van der Waals surface area contributed by atoms with Gasteiger partial charge in [-0.05, 0) is 41.9 Å². The second kappa shape index (κ2) is 11.1. The van der Waals surface area contributed by atoms with Crippen LogP contribution in [0, 0.1) is 11.8 Å².